The van der Waals surface area contributed by atoms with Gasteiger partial charge in [-0.1, -0.05) is 23.2 Å². The van der Waals surface area contributed by atoms with Crippen LogP contribution in [-0.2, 0) is 10.9 Å². The fourth-order valence-electron chi connectivity index (χ4n) is 1.60. The number of carbonyl (C=O) groups excluding carboxylic acids is 1. The molecule has 2 rings (SSSR count). The second kappa shape index (κ2) is 6.13. The Morgan fingerprint density at radius 3 is 2.59 bits per heavy atom. The first kappa shape index (κ1) is 16.6. The summed E-state index contributed by atoms with van der Waals surface area (Å²) in [5.74, 6) is -3.16. The van der Waals surface area contributed by atoms with Crippen LogP contribution in [0.25, 0.3) is 5.69 Å². The summed E-state index contributed by atoms with van der Waals surface area (Å²) in [6.45, 7) is 1.49. The van der Waals surface area contributed by atoms with Gasteiger partial charge in [-0.25, -0.2) is 9.48 Å². The molecule has 1 aromatic heterocycles. The van der Waals surface area contributed by atoms with Crippen molar-refractivity contribution in [3.8, 4) is 5.69 Å². The molecule has 1 aromatic carbocycles. The van der Waals surface area contributed by atoms with Gasteiger partial charge in [-0.2, -0.15) is 18.2 Å². The summed E-state index contributed by atoms with van der Waals surface area (Å²) in [4.78, 5) is 14.7. The van der Waals surface area contributed by atoms with E-state index >= 15 is 0 Å². The van der Waals surface area contributed by atoms with Crippen molar-refractivity contribution in [1.82, 2.24) is 14.8 Å². The second-order valence-electron chi connectivity index (χ2n) is 3.98. The van der Waals surface area contributed by atoms with Crippen molar-refractivity contribution in [3.05, 3.63) is 39.9 Å². The van der Waals surface area contributed by atoms with Gasteiger partial charge in [0, 0.05) is 5.02 Å². The number of rotatable bonds is 3. The van der Waals surface area contributed by atoms with E-state index in [2.05, 4.69) is 14.8 Å². The highest BCUT2D eigenvalue weighted by Crippen LogP contribution is 2.32. The molecule has 0 radical (unpaired) electrons. The molecule has 118 valence electrons. The molecule has 0 spiro atoms. The Bertz CT molecular complexity index is 716. The third kappa shape index (κ3) is 3.33. The Labute approximate surface area is 132 Å². The van der Waals surface area contributed by atoms with Crippen LogP contribution in [0.15, 0.2) is 18.2 Å². The maximum Gasteiger partial charge on any atom is 0.451 e. The number of carbonyl (C=O) groups is 1. The lowest BCUT2D eigenvalue weighted by molar-refractivity contribution is -0.146. The summed E-state index contributed by atoms with van der Waals surface area (Å²) in [6, 6.07) is 3.84. The lowest BCUT2D eigenvalue weighted by Crippen LogP contribution is -2.15. The van der Waals surface area contributed by atoms with E-state index in [1.54, 1.807) is 0 Å². The summed E-state index contributed by atoms with van der Waals surface area (Å²) in [5.41, 5.74) is -0.110. The van der Waals surface area contributed by atoms with Gasteiger partial charge in [0.15, 0.2) is 0 Å². The van der Waals surface area contributed by atoms with Crippen LogP contribution in [0.3, 0.4) is 0 Å². The number of alkyl halides is 3. The van der Waals surface area contributed by atoms with E-state index < -0.39 is 23.8 Å². The Kier molecular flexibility index (Phi) is 4.62. The molecule has 0 aliphatic rings. The maximum atomic E-state index is 13.1. The summed E-state index contributed by atoms with van der Waals surface area (Å²) >= 11 is 11.6. The molecule has 0 saturated carbocycles. The number of aromatic nitrogens is 3. The average molecular weight is 354 g/mol. The fourth-order valence-corrected chi connectivity index (χ4v) is 2.09. The minimum absolute atomic E-state index is 0.0174. The van der Waals surface area contributed by atoms with Gasteiger partial charge in [0.1, 0.15) is 0 Å². The van der Waals surface area contributed by atoms with Gasteiger partial charge < -0.3 is 4.74 Å². The van der Waals surface area contributed by atoms with E-state index in [1.807, 2.05) is 0 Å². The molecular weight excluding hydrogens is 346 g/mol. The number of nitrogens with zero attached hydrogens (tertiary/aromatic N) is 3. The predicted octanol–water partition coefficient (Wildman–Crippen LogP) is 3.77. The number of hydrogen-bond donors (Lipinski definition) is 0. The van der Waals surface area contributed by atoms with Gasteiger partial charge in [-0.05, 0) is 25.1 Å². The molecule has 0 aliphatic heterocycles. The molecule has 0 saturated heterocycles. The zero-order valence-electron chi connectivity index (χ0n) is 11.0. The topological polar surface area (TPSA) is 57.0 Å². The molecule has 0 aliphatic carbocycles. The largest absolute Gasteiger partial charge is 0.460 e. The van der Waals surface area contributed by atoms with Crippen molar-refractivity contribution in [2.24, 2.45) is 0 Å². The molecule has 0 fully saturated rings. The van der Waals surface area contributed by atoms with Gasteiger partial charge in [0.05, 0.1) is 17.3 Å². The molecule has 0 N–H and O–H groups in total. The smallest absolute Gasteiger partial charge is 0.451 e. The summed E-state index contributed by atoms with van der Waals surface area (Å²) < 4.78 is 44.2. The highest BCUT2D eigenvalue weighted by Gasteiger charge is 2.40. The molecular formula is C12H8Cl2F3N3O2. The van der Waals surface area contributed by atoms with Gasteiger partial charge in [-0.3, -0.25) is 0 Å². The van der Waals surface area contributed by atoms with Crippen molar-refractivity contribution in [3.63, 3.8) is 0 Å². The Morgan fingerprint density at radius 2 is 2.05 bits per heavy atom. The van der Waals surface area contributed by atoms with Crippen LogP contribution in [0.1, 0.15) is 23.4 Å². The standard InChI is InChI=1S/C12H8Cl2F3N3O2/c1-2-22-10(21)9-18-11(12(15,16)17)20(19-9)8-4-3-6(13)5-7(8)14/h3-5H,2H2,1H3. The van der Waals surface area contributed by atoms with Crippen molar-refractivity contribution < 1.29 is 22.7 Å². The summed E-state index contributed by atoms with van der Waals surface area (Å²) in [7, 11) is 0. The van der Waals surface area contributed by atoms with Gasteiger partial charge in [0.25, 0.3) is 5.82 Å². The van der Waals surface area contributed by atoms with Gasteiger partial charge >= 0.3 is 12.1 Å². The summed E-state index contributed by atoms with van der Waals surface area (Å²) in [5, 5.41) is 3.71. The number of halogens is 5. The van der Waals surface area contributed by atoms with Crippen LogP contribution >= 0.6 is 23.2 Å². The van der Waals surface area contributed by atoms with Crippen molar-refractivity contribution in [1.29, 1.82) is 0 Å². The quantitative estimate of drug-likeness (QED) is 0.788. The highest BCUT2D eigenvalue weighted by molar-refractivity contribution is 6.35. The van der Waals surface area contributed by atoms with Gasteiger partial charge in [0.2, 0.25) is 5.82 Å². The molecule has 22 heavy (non-hydrogen) atoms. The van der Waals surface area contributed by atoms with E-state index in [0.717, 1.165) is 0 Å². The number of esters is 1. The minimum atomic E-state index is -4.83. The molecule has 5 nitrogen and oxygen atoms in total. The molecule has 10 heteroatoms. The molecule has 0 atom stereocenters. The van der Waals surface area contributed by atoms with Crippen LogP contribution in [0.5, 0.6) is 0 Å². The SMILES string of the molecule is CCOC(=O)c1nc(C(F)(F)F)n(-c2ccc(Cl)cc2Cl)n1. The zero-order valence-corrected chi connectivity index (χ0v) is 12.5. The third-order valence-corrected chi connectivity index (χ3v) is 2.99. The fraction of sp³-hybridized carbons (Fsp3) is 0.250. The van der Waals surface area contributed by atoms with E-state index in [1.165, 1.54) is 25.1 Å². The average Bonchev–Trinajstić information content (AvgIpc) is 2.84. The maximum absolute atomic E-state index is 13.1. The van der Waals surface area contributed by atoms with E-state index in [-0.39, 0.29) is 22.3 Å². The molecule has 0 amide bonds. The van der Waals surface area contributed by atoms with Crippen LogP contribution in [0.2, 0.25) is 10.0 Å². The van der Waals surface area contributed by atoms with E-state index in [9.17, 15) is 18.0 Å². The third-order valence-electron chi connectivity index (χ3n) is 2.46. The Hall–Kier alpha value is -1.80. The number of hydrogen-bond acceptors (Lipinski definition) is 4. The lowest BCUT2D eigenvalue weighted by Gasteiger charge is -2.09. The van der Waals surface area contributed by atoms with Crippen molar-refractivity contribution in [2.75, 3.05) is 6.61 Å². The Morgan fingerprint density at radius 1 is 1.36 bits per heavy atom. The highest BCUT2D eigenvalue weighted by atomic mass is 35.5. The van der Waals surface area contributed by atoms with Crippen molar-refractivity contribution in [2.45, 2.75) is 13.1 Å². The molecule has 0 unspecified atom stereocenters. The van der Waals surface area contributed by atoms with E-state index in [4.69, 9.17) is 23.2 Å². The summed E-state index contributed by atoms with van der Waals surface area (Å²) in [6.07, 6.45) is -4.83. The van der Waals surface area contributed by atoms with Crippen LogP contribution in [0, 0.1) is 0 Å². The first-order chi connectivity index (χ1) is 10.2. The van der Waals surface area contributed by atoms with Crippen LogP contribution in [0.4, 0.5) is 13.2 Å². The number of ether oxygens (including phenoxy) is 1. The van der Waals surface area contributed by atoms with Gasteiger partial charge in [-0.15, -0.1) is 5.10 Å². The van der Waals surface area contributed by atoms with Crippen LogP contribution in [-0.4, -0.2) is 27.3 Å². The molecule has 1 heterocycles. The lowest BCUT2D eigenvalue weighted by atomic mass is 10.3. The zero-order chi connectivity index (χ0) is 16.5. The normalized spacial score (nSPS) is 11.5. The van der Waals surface area contributed by atoms with Crippen molar-refractivity contribution >= 4 is 29.2 Å². The van der Waals surface area contributed by atoms with E-state index in [0.29, 0.717) is 4.68 Å². The first-order valence-corrected chi connectivity index (χ1v) is 6.66. The first-order valence-electron chi connectivity index (χ1n) is 5.91. The monoisotopic (exact) mass is 353 g/mol. The second-order valence-corrected chi connectivity index (χ2v) is 4.83. The minimum Gasteiger partial charge on any atom is -0.460 e. The predicted molar refractivity (Wildman–Crippen MR) is 72.3 cm³/mol. The molecule has 0 bridgehead atoms. The Balaban J connectivity index is 2.60. The van der Waals surface area contributed by atoms with Crippen LogP contribution < -0.4 is 0 Å². The molecule has 2 aromatic rings. The number of benzene rings is 1.